The van der Waals surface area contributed by atoms with Crippen molar-refractivity contribution < 1.29 is 14.3 Å². The molecule has 2 aromatic heterocycles. The van der Waals surface area contributed by atoms with Gasteiger partial charge < -0.3 is 15.0 Å². The highest BCUT2D eigenvalue weighted by atomic mass is 16.5. The van der Waals surface area contributed by atoms with E-state index in [1.54, 1.807) is 36.8 Å². The number of likely N-dealkylation sites (tertiary alicyclic amines) is 1. The molecule has 0 saturated carbocycles. The zero-order chi connectivity index (χ0) is 17.2. The van der Waals surface area contributed by atoms with Crippen molar-refractivity contribution in [3.8, 4) is 0 Å². The SMILES string of the molecule is O=C(Nc1cccnc1)[C@H]1CC[C@@H]2[C@@H](CCN2C(=O)c2ccn[nH]2)O1. The summed E-state index contributed by atoms with van der Waals surface area (Å²) in [5, 5.41) is 9.37. The van der Waals surface area contributed by atoms with Crippen LogP contribution in [-0.4, -0.2) is 56.7 Å². The van der Waals surface area contributed by atoms with Crippen molar-refractivity contribution in [3.63, 3.8) is 0 Å². The molecule has 0 aliphatic carbocycles. The molecular weight excluding hydrogens is 322 g/mol. The Kier molecular flexibility index (Phi) is 4.19. The summed E-state index contributed by atoms with van der Waals surface area (Å²) in [6, 6.07) is 5.24. The third-order valence-corrected chi connectivity index (χ3v) is 4.76. The number of nitrogens with zero attached hydrogens (tertiary/aromatic N) is 3. The zero-order valence-corrected chi connectivity index (χ0v) is 13.6. The van der Waals surface area contributed by atoms with Crippen LogP contribution in [0.4, 0.5) is 5.69 Å². The number of anilines is 1. The molecule has 2 aromatic rings. The Labute approximate surface area is 144 Å². The molecule has 2 aliphatic heterocycles. The van der Waals surface area contributed by atoms with Crippen LogP contribution in [0.1, 0.15) is 29.8 Å². The number of aromatic nitrogens is 3. The van der Waals surface area contributed by atoms with E-state index < -0.39 is 6.10 Å². The molecule has 3 atom stereocenters. The van der Waals surface area contributed by atoms with Gasteiger partial charge in [0.1, 0.15) is 11.8 Å². The monoisotopic (exact) mass is 341 g/mol. The summed E-state index contributed by atoms with van der Waals surface area (Å²) in [5.74, 6) is -0.225. The largest absolute Gasteiger partial charge is 0.363 e. The lowest BCUT2D eigenvalue weighted by Gasteiger charge is -2.35. The van der Waals surface area contributed by atoms with E-state index in [0.717, 1.165) is 12.8 Å². The molecule has 2 fully saturated rings. The molecule has 2 amide bonds. The van der Waals surface area contributed by atoms with Gasteiger partial charge in [-0.2, -0.15) is 5.10 Å². The Morgan fingerprint density at radius 3 is 2.92 bits per heavy atom. The summed E-state index contributed by atoms with van der Waals surface area (Å²) in [6.07, 6.45) is 6.28. The minimum absolute atomic E-state index is 0.0123. The number of carbonyl (C=O) groups is 2. The first-order valence-corrected chi connectivity index (χ1v) is 8.39. The number of rotatable bonds is 3. The summed E-state index contributed by atoms with van der Waals surface area (Å²) in [6.45, 7) is 0.629. The van der Waals surface area contributed by atoms with Gasteiger partial charge in [-0.3, -0.25) is 19.7 Å². The second-order valence-corrected chi connectivity index (χ2v) is 6.30. The van der Waals surface area contributed by atoms with Crippen LogP contribution in [-0.2, 0) is 9.53 Å². The Bertz CT molecular complexity index is 749. The van der Waals surface area contributed by atoms with Crippen LogP contribution in [0.2, 0.25) is 0 Å². The van der Waals surface area contributed by atoms with Gasteiger partial charge in [-0.05, 0) is 37.5 Å². The molecule has 8 nitrogen and oxygen atoms in total. The number of carbonyl (C=O) groups excluding carboxylic acids is 2. The average molecular weight is 341 g/mol. The molecule has 0 bridgehead atoms. The molecule has 0 unspecified atom stereocenters. The number of fused-ring (bicyclic) bond motifs is 1. The lowest BCUT2D eigenvalue weighted by atomic mass is 9.98. The number of nitrogens with one attached hydrogen (secondary N) is 2. The number of aromatic amines is 1. The number of hydrogen-bond donors (Lipinski definition) is 2. The van der Waals surface area contributed by atoms with Crippen molar-refractivity contribution in [2.24, 2.45) is 0 Å². The normalized spacial score (nSPS) is 25.4. The van der Waals surface area contributed by atoms with Gasteiger partial charge in [0.25, 0.3) is 11.8 Å². The van der Waals surface area contributed by atoms with Gasteiger partial charge >= 0.3 is 0 Å². The Morgan fingerprint density at radius 2 is 2.16 bits per heavy atom. The van der Waals surface area contributed by atoms with Crippen LogP contribution in [0.5, 0.6) is 0 Å². The van der Waals surface area contributed by atoms with Crippen LogP contribution in [0.3, 0.4) is 0 Å². The van der Waals surface area contributed by atoms with E-state index in [0.29, 0.717) is 24.3 Å². The maximum atomic E-state index is 12.5. The maximum Gasteiger partial charge on any atom is 0.272 e. The van der Waals surface area contributed by atoms with Crippen LogP contribution < -0.4 is 5.32 Å². The molecule has 2 saturated heterocycles. The first-order valence-electron chi connectivity index (χ1n) is 8.39. The van der Waals surface area contributed by atoms with E-state index in [9.17, 15) is 9.59 Å². The van der Waals surface area contributed by atoms with Gasteiger partial charge in [0.05, 0.1) is 24.0 Å². The highest BCUT2D eigenvalue weighted by Crippen LogP contribution is 2.32. The minimum Gasteiger partial charge on any atom is -0.363 e. The summed E-state index contributed by atoms with van der Waals surface area (Å²) < 4.78 is 5.99. The van der Waals surface area contributed by atoms with Crippen molar-refractivity contribution in [2.75, 3.05) is 11.9 Å². The van der Waals surface area contributed by atoms with Gasteiger partial charge in [0, 0.05) is 18.9 Å². The average Bonchev–Trinajstić information content (AvgIpc) is 3.31. The second-order valence-electron chi connectivity index (χ2n) is 6.30. The molecule has 25 heavy (non-hydrogen) atoms. The number of H-pyrrole nitrogens is 1. The first-order chi connectivity index (χ1) is 12.2. The smallest absolute Gasteiger partial charge is 0.272 e. The Hall–Kier alpha value is -2.74. The van der Waals surface area contributed by atoms with Crippen LogP contribution in [0.15, 0.2) is 36.8 Å². The third-order valence-electron chi connectivity index (χ3n) is 4.76. The van der Waals surface area contributed by atoms with E-state index in [2.05, 4.69) is 20.5 Å². The molecule has 8 heteroatoms. The topological polar surface area (TPSA) is 100 Å². The lowest BCUT2D eigenvalue weighted by Crippen LogP contribution is -2.47. The van der Waals surface area contributed by atoms with Crippen LogP contribution in [0, 0.1) is 0 Å². The van der Waals surface area contributed by atoms with Crippen LogP contribution in [0.25, 0.3) is 0 Å². The first kappa shape index (κ1) is 15.8. The Balaban J connectivity index is 1.38. The molecule has 4 rings (SSSR count). The Morgan fingerprint density at radius 1 is 1.24 bits per heavy atom. The number of hydrogen-bond acceptors (Lipinski definition) is 5. The summed E-state index contributed by atoms with van der Waals surface area (Å²) in [4.78, 5) is 30.7. The van der Waals surface area contributed by atoms with Gasteiger partial charge in [0.15, 0.2) is 0 Å². The summed E-state index contributed by atoms with van der Waals surface area (Å²) in [7, 11) is 0. The predicted molar refractivity (Wildman–Crippen MR) is 88.8 cm³/mol. The molecule has 0 aromatic carbocycles. The fraction of sp³-hybridized carbons (Fsp3) is 0.412. The van der Waals surface area contributed by atoms with Gasteiger partial charge in [-0.25, -0.2) is 0 Å². The number of amides is 2. The maximum absolute atomic E-state index is 12.5. The van der Waals surface area contributed by atoms with Gasteiger partial charge in [-0.1, -0.05) is 0 Å². The van der Waals surface area contributed by atoms with E-state index in [1.165, 1.54) is 0 Å². The third kappa shape index (κ3) is 3.12. The molecule has 0 radical (unpaired) electrons. The van der Waals surface area contributed by atoms with Gasteiger partial charge in [-0.15, -0.1) is 0 Å². The second kappa shape index (κ2) is 6.64. The van der Waals surface area contributed by atoms with Crippen LogP contribution >= 0.6 is 0 Å². The standard InChI is InChI=1S/C17H19N5O3/c23-16(20-11-2-1-7-18-10-11)15-4-3-13-14(25-15)6-9-22(13)17(24)12-5-8-19-21-12/h1-2,5,7-8,10,13-15H,3-4,6,9H2,(H,19,21)(H,20,23)/t13-,14-,15-/m1/s1. The summed E-state index contributed by atoms with van der Waals surface area (Å²) in [5.41, 5.74) is 1.14. The van der Waals surface area contributed by atoms with E-state index in [1.807, 2.05) is 4.90 Å². The van der Waals surface area contributed by atoms with Crippen molar-refractivity contribution in [3.05, 3.63) is 42.5 Å². The molecular formula is C17H19N5O3. The quantitative estimate of drug-likeness (QED) is 0.874. The van der Waals surface area contributed by atoms with E-state index >= 15 is 0 Å². The van der Waals surface area contributed by atoms with Crippen molar-refractivity contribution in [1.29, 1.82) is 0 Å². The van der Waals surface area contributed by atoms with Crippen molar-refractivity contribution in [2.45, 2.75) is 37.5 Å². The fourth-order valence-electron chi connectivity index (χ4n) is 3.56. The highest BCUT2D eigenvalue weighted by Gasteiger charge is 2.43. The molecule has 2 aliphatic rings. The molecule has 0 spiro atoms. The molecule has 2 N–H and O–H groups in total. The lowest BCUT2D eigenvalue weighted by molar-refractivity contribution is -0.137. The molecule has 130 valence electrons. The highest BCUT2D eigenvalue weighted by molar-refractivity contribution is 5.94. The van der Waals surface area contributed by atoms with E-state index in [-0.39, 0.29) is 24.0 Å². The van der Waals surface area contributed by atoms with E-state index in [4.69, 9.17) is 4.74 Å². The number of pyridine rings is 1. The minimum atomic E-state index is -0.497. The van der Waals surface area contributed by atoms with Crippen molar-refractivity contribution >= 4 is 17.5 Å². The number of ether oxygens (including phenoxy) is 1. The zero-order valence-electron chi connectivity index (χ0n) is 13.6. The molecule has 4 heterocycles. The van der Waals surface area contributed by atoms with Gasteiger partial charge in [0.2, 0.25) is 0 Å². The summed E-state index contributed by atoms with van der Waals surface area (Å²) >= 11 is 0. The fourth-order valence-corrected chi connectivity index (χ4v) is 3.56. The van der Waals surface area contributed by atoms with Crippen molar-refractivity contribution in [1.82, 2.24) is 20.1 Å². The predicted octanol–water partition coefficient (Wildman–Crippen LogP) is 1.21.